The van der Waals surface area contributed by atoms with Gasteiger partial charge in [0.2, 0.25) is 5.91 Å². The molecule has 2 aromatic carbocycles. The highest BCUT2D eigenvalue weighted by atomic mass is 16.6. The Morgan fingerprint density at radius 3 is 2.09 bits per heavy atom. The van der Waals surface area contributed by atoms with Crippen molar-refractivity contribution in [3.63, 3.8) is 0 Å². The van der Waals surface area contributed by atoms with Crippen LogP contribution in [0.5, 0.6) is 0 Å². The molecule has 4 nitrogen and oxygen atoms in total. The first kappa shape index (κ1) is 13.2. The number of hydrogen-bond acceptors (Lipinski definition) is 3. The molecule has 22 heavy (non-hydrogen) atoms. The van der Waals surface area contributed by atoms with Crippen molar-refractivity contribution in [2.45, 2.75) is 24.8 Å². The van der Waals surface area contributed by atoms with E-state index in [0.717, 1.165) is 11.1 Å². The number of carbonyl (C=O) groups excluding carboxylic acids is 1. The zero-order chi connectivity index (χ0) is 15.2. The van der Waals surface area contributed by atoms with Gasteiger partial charge in [-0.2, -0.15) is 0 Å². The van der Waals surface area contributed by atoms with E-state index in [1.807, 2.05) is 36.4 Å². The predicted octanol–water partition coefficient (Wildman–Crippen LogP) is 2.55. The number of fused-ring (bicyclic) bond motifs is 1. The highest BCUT2D eigenvalue weighted by Gasteiger charge is 2.62. The van der Waals surface area contributed by atoms with Crippen LogP contribution in [0, 0.1) is 0 Å². The monoisotopic (exact) mass is 292 g/mol. The van der Waals surface area contributed by atoms with E-state index < -0.39 is 5.60 Å². The summed E-state index contributed by atoms with van der Waals surface area (Å²) in [6.45, 7) is 1.53. The highest BCUT2D eigenvalue weighted by molar-refractivity contribution is 5.88. The fraction of sp³-hybridized carbons (Fsp3) is 0.222. The standard InChI is InChI=1S/C18H16N2O2/c1-13(21)20-12-19-16-17(20)22-18(16,14-8-4-2-5-9-14)15-10-6-3-7-11-15/h2-12,16-17H,1H3. The van der Waals surface area contributed by atoms with Crippen molar-refractivity contribution < 1.29 is 9.53 Å². The zero-order valence-corrected chi connectivity index (χ0v) is 12.2. The van der Waals surface area contributed by atoms with Crippen molar-refractivity contribution in [2.24, 2.45) is 4.99 Å². The van der Waals surface area contributed by atoms with Gasteiger partial charge >= 0.3 is 0 Å². The molecule has 0 saturated carbocycles. The summed E-state index contributed by atoms with van der Waals surface area (Å²) in [5.41, 5.74) is 1.50. The van der Waals surface area contributed by atoms with Gasteiger partial charge in [-0.15, -0.1) is 0 Å². The van der Waals surface area contributed by atoms with Crippen LogP contribution in [0.15, 0.2) is 65.7 Å². The number of ether oxygens (including phenoxy) is 1. The summed E-state index contributed by atoms with van der Waals surface area (Å²) < 4.78 is 6.28. The van der Waals surface area contributed by atoms with Gasteiger partial charge < -0.3 is 4.74 Å². The van der Waals surface area contributed by atoms with Crippen molar-refractivity contribution in [2.75, 3.05) is 0 Å². The second kappa shape index (κ2) is 4.78. The molecule has 1 fully saturated rings. The molecule has 2 aliphatic heterocycles. The molecule has 0 aliphatic carbocycles. The molecule has 2 aliphatic rings. The third kappa shape index (κ3) is 1.67. The number of hydrogen-bond donors (Lipinski definition) is 0. The lowest BCUT2D eigenvalue weighted by molar-refractivity contribution is -0.236. The lowest BCUT2D eigenvalue weighted by Gasteiger charge is -2.52. The zero-order valence-electron chi connectivity index (χ0n) is 12.2. The maximum absolute atomic E-state index is 11.7. The van der Waals surface area contributed by atoms with E-state index >= 15 is 0 Å². The minimum absolute atomic E-state index is 0.0500. The van der Waals surface area contributed by atoms with Crippen LogP contribution in [0.25, 0.3) is 0 Å². The Labute approximate surface area is 129 Å². The number of carbonyl (C=O) groups is 1. The Hall–Kier alpha value is -2.46. The van der Waals surface area contributed by atoms with Crippen LogP contribution < -0.4 is 0 Å². The Morgan fingerprint density at radius 2 is 1.59 bits per heavy atom. The van der Waals surface area contributed by atoms with Crippen LogP contribution in [-0.2, 0) is 15.1 Å². The summed E-state index contributed by atoms with van der Waals surface area (Å²) in [6, 6.07) is 20.1. The third-order valence-electron chi connectivity index (χ3n) is 4.39. The van der Waals surface area contributed by atoms with Crippen molar-refractivity contribution >= 4 is 12.2 Å². The topological polar surface area (TPSA) is 41.9 Å². The van der Waals surface area contributed by atoms with E-state index in [0.29, 0.717) is 0 Å². The van der Waals surface area contributed by atoms with Gasteiger partial charge in [0.25, 0.3) is 0 Å². The van der Waals surface area contributed by atoms with Crippen LogP contribution in [0.2, 0.25) is 0 Å². The second-order valence-electron chi connectivity index (χ2n) is 5.61. The van der Waals surface area contributed by atoms with Gasteiger partial charge in [0, 0.05) is 6.92 Å². The van der Waals surface area contributed by atoms with Crippen LogP contribution in [0.3, 0.4) is 0 Å². The summed E-state index contributed by atoms with van der Waals surface area (Å²) in [5, 5.41) is 0. The van der Waals surface area contributed by atoms with Crippen molar-refractivity contribution in [3.8, 4) is 0 Å². The van der Waals surface area contributed by atoms with Crippen molar-refractivity contribution in [1.29, 1.82) is 0 Å². The summed E-state index contributed by atoms with van der Waals surface area (Å²) in [4.78, 5) is 17.8. The van der Waals surface area contributed by atoms with Crippen molar-refractivity contribution in [1.82, 2.24) is 4.90 Å². The minimum Gasteiger partial charge on any atom is -0.337 e. The molecule has 0 N–H and O–H groups in total. The fourth-order valence-electron chi connectivity index (χ4n) is 3.33. The maximum Gasteiger partial charge on any atom is 0.226 e. The summed E-state index contributed by atoms with van der Waals surface area (Å²) >= 11 is 0. The molecule has 1 amide bonds. The molecule has 2 heterocycles. The van der Waals surface area contributed by atoms with Crippen molar-refractivity contribution in [3.05, 3.63) is 71.8 Å². The molecule has 0 spiro atoms. The molecule has 110 valence electrons. The normalized spacial score (nSPS) is 24.7. The Kier molecular flexibility index (Phi) is 2.87. The van der Waals surface area contributed by atoms with Gasteiger partial charge in [0.1, 0.15) is 11.6 Å². The van der Waals surface area contributed by atoms with Gasteiger partial charge in [-0.05, 0) is 11.1 Å². The number of amides is 1. The third-order valence-corrected chi connectivity index (χ3v) is 4.39. The molecule has 4 rings (SSSR count). The summed E-state index contributed by atoms with van der Waals surface area (Å²) in [5.74, 6) is -0.0500. The van der Waals surface area contributed by atoms with Crippen LogP contribution in [-0.4, -0.2) is 29.4 Å². The van der Waals surface area contributed by atoms with Gasteiger partial charge in [-0.1, -0.05) is 60.7 Å². The average molecular weight is 292 g/mol. The Bertz CT molecular complexity index is 688. The molecule has 0 bridgehead atoms. The Balaban J connectivity index is 1.81. The first-order chi connectivity index (χ1) is 10.7. The van der Waals surface area contributed by atoms with Gasteiger partial charge in [-0.3, -0.25) is 14.7 Å². The average Bonchev–Trinajstić information content (AvgIpc) is 2.88. The first-order valence-corrected chi connectivity index (χ1v) is 7.34. The number of rotatable bonds is 2. The molecule has 2 aromatic rings. The molecule has 2 atom stereocenters. The molecular formula is C18H16N2O2. The minimum atomic E-state index is -0.617. The van der Waals surface area contributed by atoms with E-state index in [4.69, 9.17) is 4.74 Å². The van der Waals surface area contributed by atoms with Crippen LogP contribution >= 0.6 is 0 Å². The predicted molar refractivity (Wildman–Crippen MR) is 83.3 cm³/mol. The van der Waals surface area contributed by atoms with Gasteiger partial charge in [-0.25, -0.2) is 0 Å². The Morgan fingerprint density at radius 1 is 1.05 bits per heavy atom. The van der Waals surface area contributed by atoms with E-state index in [2.05, 4.69) is 29.3 Å². The number of aliphatic imine (C=N–C) groups is 1. The molecule has 0 aromatic heterocycles. The smallest absolute Gasteiger partial charge is 0.226 e. The first-order valence-electron chi connectivity index (χ1n) is 7.34. The molecule has 2 unspecified atom stereocenters. The quantitative estimate of drug-likeness (QED) is 0.853. The molecular weight excluding hydrogens is 276 g/mol. The van der Waals surface area contributed by atoms with E-state index in [-0.39, 0.29) is 18.2 Å². The second-order valence-corrected chi connectivity index (χ2v) is 5.61. The van der Waals surface area contributed by atoms with Crippen LogP contribution in [0.1, 0.15) is 18.1 Å². The number of benzene rings is 2. The van der Waals surface area contributed by atoms with E-state index in [1.54, 1.807) is 11.2 Å². The SMILES string of the molecule is CC(=O)N1C=NC2C1OC2(c1ccccc1)c1ccccc1. The van der Waals surface area contributed by atoms with E-state index in [1.165, 1.54) is 6.92 Å². The van der Waals surface area contributed by atoms with Gasteiger partial charge in [0.15, 0.2) is 6.23 Å². The van der Waals surface area contributed by atoms with Gasteiger partial charge in [0.05, 0.1) is 6.34 Å². The lowest BCUT2D eigenvalue weighted by atomic mass is 9.75. The molecule has 0 radical (unpaired) electrons. The maximum atomic E-state index is 11.7. The summed E-state index contributed by atoms with van der Waals surface area (Å²) in [6.07, 6.45) is 1.29. The largest absolute Gasteiger partial charge is 0.337 e. The molecule has 1 saturated heterocycles. The lowest BCUT2D eigenvalue weighted by Crippen LogP contribution is -2.64. The van der Waals surface area contributed by atoms with Crippen LogP contribution in [0.4, 0.5) is 0 Å². The summed E-state index contributed by atoms with van der Waals surface area (Å²) in [7, 11) is 0. The number of nitrogens with zero attached hydrogens (tertiary/aromatic N) is 2. The highest BCUT2D eigenvalue weighted by Crippen LogP contribution is 2.51. The fourth-order valence-corrected chi connectivity index (χ4v) is 3.33. The van der Waals surface area contributed by atoms with E-state index in [9.17, 15) is 4.79 Å². The molecule has 4 heteroatoms.